The van der Waals surface area contributed by atoms with Crippen molar-refractivity contribution in [2.75, 3.05) is 0 Å². The second-order valence-electron chi connectivity index (χ2n) is 8.20. The maximum Gasteiger partial charge on any atom is 0.416 e. The quantitative estimate of drug-likeness (QED) is 0.182. The molecule has 5 aromatic rings. The van der Waals surface area contributed by atoms with Crippen molar-refractivity contribution in [3.8, 4) is 0 Å². The Kier molecular flexibility index (Phi) is 5.95. The van der Waals surface area contributed by atoms with Gasteiger partial charge in [0.1, 0.15) is 5.69 Å². The van der Waals surface area contributed by atoms with Gasteiger partial charge in [-0.15, -0.1) is 0 Å². The summed E-state index contributed by atoms with van der Waals surface area (Å²) in [4.78, 5) is 4.69. The average Bonchev–Trinajstić information content (AvgIpc) is 3.24. The monoisotopic (exact) mass is 472 g/mol. The van der Waals surface area contributed by atoms with Crippen molar-refractivity contribution in [2.24, 2.45) is 4.99 Å². The first-order valence-electron chi connectivity index (χ1n) is 11.0. The lowest BCUT2D eigenvalue weighted by molar-refractivity contribution is -0.137. The Balaban J connectivity index is 1.54. The van der Waals surface area contributed by atoms with Crippen molar-refractivity contribution < 1.29 is 17.6 Å². The summed E-state index contributed by atoms with van der Waals surface area (Å²) in [6.07, 6.45) is -2.67. The van der Waals surface area contributed by atoms with Crippen LogP contribution in [-0.4, -0.2) is 10.3 Å². The smallest absolute Gasteiger partial charge is 0.343 e. The standard InChI is InChI=1S/C29H20F4N2/c30-25-18-27-23(14-15-35(27)19-20-8-7-13-24(16-20)29(31,32)33)17-26(25)34-28(21-9-3-1-4-10-21)22-11-5-2-6-12-22/h1-18H,19H2. The average molecular weight is 472 g/mol. The summed E-state index contributed by atoms with van der Waals surface area (Å²) in [5.74, 6) is -0.508. The van der Waals surface area contributed by atoms with Crippen molar-refractivity contribution in [2.45, 2.75) is 12.7 Å². The lowest BCUT2D eigenvalue weighted by Gasteiger charge is -2.11. The predicted octanol–water partition coefficient (Wildman–Crippen LogP) is 8.02. The van der Waals surface area contributed by atoms with Crippen molar-refractivity contribution >= 4 is 22.3 Å². The zero-order valence-corrected chi connectivity index (χ0v) is 18.5. The molecule has 5 rings (SSSR count). The van der Waals surface area contributed by atoms with Crippen LogP contribution < -0.4 is 0 Å². The molecule has 0 aliphatic carbocycles. The molecule has 1 aromatic heterocycles. The van der Waals surface area contributed by atoms with E-state index >= 15 is 4.39 Å². The van der Waals surface area contributed by atoms with Gasteiger partial charge in [0.05, 0.1) is 16.8 Å². The van der Waals surface area contributed by atoms with Gasteiger partial charge in [0.25, 0.3) is 0 Å². The number of halogens is 4. The highest BCUT2D eigenvalue weighted by atomic mass is 19.4. The Hall–Kier alpha value is -4.19. The van der Waals surface area contributed by atoms with E-state index in [1.807, 2.05) is 66.7 Å². The molecule has 0 atom stereocenters. The highest BCUT2D eigenvalue weighted by Crippen LogP contribution is 2.31. The minimum absolute atomic E-state index is 0.189. The van der Waals surface area contributed by atoms with Gasteiger partial charge in [-0.1, -0.05) is 72.8 Å². The molecule has 35 heavy (non-hydrogen) atoms. The Morgan fingerprint density at radius 1 is 0.743 bits per heavy atom. The summed E-state index contributed by atoms with van der Waals surface area (Å²) in [6.45, 7) is 0.189. The van der Waals surface area contributed by atoms with Crippen molar-refractivity contribution in [3.63, 3.8) is 0 Å². The van der Waals surface area contributed by atoms with E-state index in [1.54, 1.807) is 22.9 Å². The fourth-order valence-electron chi connectivity index (χ4n) is 4.07. The van der Waals surface area contributed by atoms with Gasteiger partial charge in [0.2, 0.25) is 0 Å². The van der Waals surface area contributed by atoms with Crippen LogP contribution in [0.25, 0.3) is 10.9 Å². The van der Waals surface area contributed by atoms with E-state index in [0.717, 1.165) is 28.6 Å². The third-order valence-electron chi connectivity index (χ3n) is 5.77. The molecule has 6 heteroatoms. The zero-order valence-electron chi connectivity index (χ0n) is 18.5. The van der Waals surface area contributed by atoms with E-state index < -0.39 is 17.6 Å². The summed E-state index contributed by atoms with van der Waals surface area (Å²) in [5.41, 5.74) is 2.92. The van der Waals surface area contributed by atoms with E-state index in [9.17, 15) is 13.2 Å². The molecule has 0 spiro atoms. The largest absolute Gasteiger partial charge is 0.416 e. The normalized spacial score (nSPS) is 11.5. The number of nitrogens with zero attached hydrogens (tertiary/aromatic N) is 2. The summed E-state index contributed by atoms with van der Waals surface area (Å²) >= 11 is 0. The molecule has 2 nitrogen and oxygen atoms in total. The van der Waals surface area contributed by atoms with Crippen molar-refractivity contribution in [1.29, 1.82) is 0 Å². The fraction of sp³-hybridized carbons (Fsp3) is 0.0690. The molecule has 0 bridgehead atoms. The SMILES string of the molecule is Fc1cc2c(ccn2Cc2cccc(C(F)(F)F)c2)cc1N=C(c1ccccc1)c1ccccc1. The van der Waals surface area contributed by atoms with Gasteiger partial charge >= 0.3 is 6.18 Å². The van der Waals surface area contributed by atoms with E-state index in [1.165, 1.54) is 12.1 Å². The van der Waals surface area contributed by atoms with Crippen molar-refractivity contribution in [1.82, 2.24) is 4.57 Å². The predicted molar refractivity (Wildman–Crippen MR) is 131 cm³/mol. The highest BCUT2D eigenvalue weighted by molar-refractivity contribution is 6.14. The third-order valence-corrected chi connectivity index (χ3v) is 5.77. The molecule has 0 radical (unpaired) electrons. The topological polar surface area (TPSA) is 17.3 Å². The fourth-order valence-corrected chi connectivity index (χ4v) is 4.07. The summed E-state index contributed by atoms with van der Waals surface area (Å²) in [6, 6.07) is 29.2. The number of hydrogen-bond acceptors (Lipinski definition) is 1. The number of hydrogen-bond donors (Lipinski definition) is 0. The Morgan fingerprint density at radius 2 is 1.40 bits per heavy atom. The maximum atomic E-state index is 15.3. The second-order valence-corrected chi connectivity index (χ2v) is 8.20. The molecule has 0 saturated heterocycles. The Labute approximate surface area is 199 Å². The molecule has 0 fully saturated rings. The van der Waals surface area contributed by atoms with Crippen LogP contribution in [0.2, 0.25) is 0 Å². The van der Waals surface area contributed by atoms with E-state index in [4.69, 9.17) is 0 Å². The first-order valence-corrected chi connectivity index (χ1v) is 11.0. The lowest BCUT2D eigenvalue weighted by atomic mass is 10.0. The summed E-state index contributed by atoms with van der Waals surface area (Å²) < 4.78 is 56.2. The molecular weight excluding hydrogens is 452 g/mol. The molecule has 4 aromatic carbocycles. The summed E-state index contributed by atoms with van der Waals surface area (Å²) in [5, 5.41) is 0.748. The van der Waals surface area contributed by atoms with Crippen LogP contribution in [0.4, 0.5) is 23.2 Å². The molecule has 0 amide bonds. The first-order chi connectivity index (χ1) is 16.9. The second kappa shape index (κ2) is 9.22. The van der Waals surface area contributed by atoms with E-state index in [-0.39, 0.29) is 12.2 Å². The molecule has 0 N–H and O–H groups in total. The van der Waals surface area contributed by atoms with Crippen LogP contribution in [0.3, 0.4) is 0 Å². The van der Waals surface area contributed by atoms with Gasteiger partial charge in [-0.25, -0.2) is 9.38 Å². The highest BCUT2D eigenvalue weighted by Gasteiger charge is 2.30. The molecule has 0 aliphatic heterocycles. The van der Waals surface area contributed by atoms with E-state index in [0.29, 0.717) is 16.8 Å². The van der Waals surface area contributed by atoms with Gasteiger partial charge in [-0.3, -0.25) is 0 Å². The third kappa shape index (κ3) is 4.87. The van der Waals surface area contributed by atoms with Gasteiger partial charge in [0.15, 0.2) is 5.82 Å². The van der Waals surface area contributed by atoms with Crippen LogP contribution in [0.15, 0.2) is 114 Å². The van der Waals surface area contributed by atoms with Crippen LogP contribution in [0.1, 0.15) is 22.3 Å². The van der Waals surface area contributed by atoms with Gasteiger partial charge < -0.3 is 4.57 Å². The van der Waals surface area contributed by atoms with Crippen LogP contribution in [0.5, 0.6) is 0 Å². The maximum absolute atomic E-state index is 15.3. The molecule has 0 aliphatic rings. The van der Waals surface area contributed by atoms with Crippen molar-refractivity contribution in [3.05, 3.63) is 137 Å². The van der Waals surface area contributed by atoms with Crippen LogP contribution in [0, 0.1) is 5.82 Å². The van der Waals surface area contributed by atoms with Crippen LogP contribution >= 0.6 is 0 Å². The van der Waals surface area contributed by atoms with E-state index in [2.05, 4.69) is 4.99 Å². The Bertz CT molecular complexity index is 1460. The number of aliphatic imine (C=N–C) groups is 1. The first kappa shape index (κ1) is 22.6. The molecule has 0 saturated carbocycles. The number of aromatic nitrogens is 1. The summed E-state index contributed by atoms with van der Waals surface area (Å²) in [7, 11) is 0. The molecule has 174 valence electrons. The zero-order chi connectivity index (χ0) is 24.4. The van der Waals surface area contributed by atoms with Gasteiger partial charge in [-0.05, 0) is 29.8 Å². The van der Waals surface area contributed by atoms with Gasteiger partial charge in [0, 0.05) is 35.3 Å². The molecular formula is C29H20F4N2. The number of fused-ring (bicyclic) bond motifs is 1. The van der Waals surface area contributed by atoms with Crippen LogP contribution in [-0.2, 0) is 12.7 Å². The molecule has 0 unspecified atom stereocenters. The number of alkyl halides is 3. The lowest BCUT2D eigenvalue weighted by Crippen LogP contribution is -2.06. The number of rotatable bonds is 5. The minimum atomic E-state index is -4.41. The number of benzene rings is 4. The molecule has 1 heterocycles. The Morgan fingerprint density at radius 3 is 2.03 bits per heavy atom. The minimum Gasteiger partial charge on any atom is -0.343 e. The van der Waals surface area contributed by atoms with Gasteiger partial charge in [-0.2, -0.15) is 13.2 Å².